The van der Waals surface area contributed by atoms with Crippen LogP contribution in [-0.2, 0) is 25.5 Å². The van der Waals surface area contributed by atoms with Gasteiger partial charge in [-0.25, -0.2) is 9.59 Å². The summed E-state index contributed by atoms with van der Waals surface area (Å²) in [4.78, 5) is 23.2. The number of esters is 2. The highest BCUT2D eigenvalue weighted by atomic mass is 16.7. The van der Waals surface area contributed by atoms with E-state index in [1.165, 1.54) is 31.2 Å². The first-order chi connectivity index (χ1) is 20.9. The third kappa shape index (κ3) is 10.4. The largest absolute Gasteiger partial charge is 0.457 e. The van der Waals surface area contributed by atoms with Crippen molar-refractivity contribution >= 4 is 11.9 Å². The molecular formula is C35H40O8. The van der Waals surface area contributed by atoms with Gasteiger partial charge in [0.2, 0.25) is 13.6 Å². The number of aliphatic hydroxyl groups is 2. The van der Waals surface area contributed by atoms with Gasteiger partial charge in [-0.3, -0.25) is 0 Å². The molecule has 0 amide bonds. The number of carbonyl (C=O) groups is 2. The topological polar surface area (TPSA) is 112 Å². The predicted octanol–water partition coefficient (Wildman–Crippen LogP) is 6.39. The monoisotopic (exact) mass is 588 g/mol. The number of aliphatic hydroxyl groups excluding tert-OH is 2. The van der Waals surface area contributed by atoms with Gasteiger partial charge in [-0.1, -0.05) is 88.2 Å². The normalized spacial score (nSPS) is 10.6. The summed E-state index contributed by atoms with van der Waals surface area (Å²) in [5, 5.41) is 17.9. The molecule has 0 heterocycles. The van der Waals surface area contributed by atoms with E-state index < -0.39 is 25.2 Å². The van der Waals surface area contributed by atoms with Crippen molar-refractivity contribution in [1.29, 1.82) is 0 Å². The van der Waals surface area contributed by atoms with E-state index in [0.717, 1.165) is 35.1 Å². The minimum absolute atomic E-state index is 0.0293. The quantitative estimate of drug-likeness (QED) is 0.0761. The van der Waals surface area contributed by atoms with Gasteiger partial charge in [-0.05, 0) is 64.9 Å². The van der Waals surface area contributed by atoms with Crippen LogP contribution in [0.1, 0.15) is 44.6 Å². The molecule has 0 saturated carbocycles. The maximum absolute atomic E-state index is 11.6. The van der Waals surface area contributed by atoms with Crippen molar-refractivity contribution < 1.29 is 38.7 Å². The summed E-state index contributed by atoms with van der Waals surface area (Å²) >= 11 is 0. The molecule has 228 valence electrons. The lowest BCUT2D eigenvalue weighted by Crippen LogP contribution is -2.13. The Balaban J connectivity index is 1.71. The molecule has 0 radical (unpaired) electrons. The van der Waals surface area contributed by atoms with E-state index in [9.17, 15) is 9.59 Å². The summed E-state index contributed by atoms with van der Waals surface area (Å²) in [5.41, 5.74) is 5.49. The molecule has 0 unspecified atom stereocenters. The predicted molar refractivity (Wildman–Crippen MR) is 165 cm³/mol. The van der Waals surface area contributed by atoms with Crippen LogP contribution in [0.3, 0.4) is 0 Å². The fourth-order valence-corrected chi connectivity index (χ4v) is 4.29. The summed E-state index contributed by atoms with van der Waals surface area (Å²) in [5.74, 6) is -0.292. The van der Waals surface area contributed by atoms with Crippen molar-refractivity contribution in [2.24, 2.45) is 0 Å². The highest BCUT2D eigenvalue weighted by Crippen LogP contribution is 2.32. The first-order valence-corrected chi connectivity index (χ1v) is 14.4. The van der Waals surface area contributed by atoms with Gasteiger partial charge in [0, 0.05) is 0 Å². The molecule has 0 aliphatic rings. The molecule has 8 nitrogen and oxygen atoms in total. The zero-order chi connectivity index (χ0) is 31.0. The second kappa shape index (κ2) is 17.5. The Kier molecular flexibility index (Phi) is 13.5. The van der Waals surface area contributed by atoms with E-state index in [1.54, 1.807) is 0 Å². The number of benzene rings is 3. The van der Waals surface area contributed by atoms with Crippen LogP contribution >= 0.6 is 0 Å². The molecule has 0 saturated heterocycles. The maximum atomic E-state index is 11.6. The van der Waals surface area contributed by atoms with Crippen LogP contribution in [0.25, 0.3) is 22.3 Å². The smallest absolute Gasteiger partial charge is 0.338 e. The van der Waals surface area contributed by atoms with E-state index in [2.05, 4.69) is 38.3 Å². The lowest BCUT2D eigenvalue weighted by Gasteiger charge is -2.14. The van der Waals surface area contributed by atoms with Crippen LogP contribution in [0.2, 0.25) is 0 Å². The molecule has 0 aliphatic carbocycles. The average Bonchev–Trinajstić information content (AvgIpc) is 3.04. The van der Waals surface area contributed by atoms with Gasteiger partial charge in [0.15, 0.2) is 0 Å². The van der Waals surface area contributed by atoms with Gasteiger partial charge in [0.05, 0.1) is 24.4 Å². The molecule has 2 N–H and O–H groups in total. The summed E-state index contributed by atoms with van der Waals surface area (Å²) < 4.78 is 20.9. The Morgan fingerprint density at radius 2 is 1.14 bits per heavy atom. The number of rotatable bonds is 18. The number of aryl methyl sites for hydroxylation is 1. The van der Waals surface area contributed by atoms with E-state index in [0.29, 0.717) is 11.5 Å². The van der Waals surface area contributed by atoms with Crippen LogP contribution in [0, 0.1) is 0 Å². The Morgan fingerprint density at radius 1 is 0.651 bits per heavy atom. The van der Waals surface area contributed by atoms with Crippen molar-refractivity contribution in [2.75, 3.05) is 26.8 Å². The Hall–Kier alpha value is -4.40. The first-order valence-electron chi connectivity index (χ1n) is 14.4. The van der Waals surface area contributed by atoms with Crippen LogP contribution < -0.4 is 9.47 Å². The van der Waals surface area contributed by atoms with Crippen LogP contribution in [-0.4, -0.2) is 49.0 Å². The van der Waals surface area contributed by atoms with Gasteiger partial charge in [0.25, 0.3) is 0 Å². The summed E-state index contributed by atoms with van der Waals surface area (Å²) in [7, 11) is 0. The molecule has 3 aromatic rings. The van der Waals surface area contributed by atoms with Gasteiger partial charge >= 0.3 is 11.9 Å². The van der Waals surface area contributed by atoms with Crippen LogP contribution in [0.15, 0.2) is 91.0 Å². The second-order valence-electron chi connectivity index (χ2n) is 10.00. The van der Waals surface area contributed by atoms with Crippen molar-refractivity contribution in [3.05, 3.63) is 96.6 Å². The Labute approximate surface area is 253 Å². The molecule has 0 fully saturated rings. The van der Waals surface area contributed by atoms with Crippen molar-refractivity contribution in [2.45, 2.75) is 45.4 Å². The third-order valence-electron chi connectivity index (χ3n) is 6.80. The van der Waals surface area contributed by atoms with E-state index in [-0.39, 0.29) is 24.7 Å². The highest BCUT2D eigenvalue weighted by molar-refractivity contribution is 5.88. The van der Waals surface area contributed by atoms with Crippen molar-refractivity contribution in [3.8, 4) is 33.8 Å². The standard InChI is InChI=1S/C35H40O8/c1-4-5-6-7-8-9-30-20-29(27-10-15-31(16-11-27)40-23-42-34(38)25(2)21-36)14-19-33(30)28-12-17-32(18-13-28)41-24-43-35(39)26(3)22-37/h10-20,36-37H,2-9,21-24H2,1H3. The minimum atomic E-state index is -0.699. The van der Waals surface area contributed by atoms with Gasteiger partial charge < -0.3 is 29.2 Å². The van der Waals surface area contributed by atoms with E-state index in [4.69, 9.17) is 29.2 Å². The lowest BCUT2D eigenvalue weighted by molar-refractivity contribution is -0.146. The Morgan fingerprint density at radius 3 is 1.65 bits per heavy atom. The molecular weight excluding hydrogens is 548 g/mol. The number of unbranched alkanes of at least 4 members (excludes halogenated alkanes) is 4. The fraction of sp³-hybridized carbons (Fsp3) is 0.314. The van der Waals surface area contributed by atoms with E-state index >= 15 is 0 Å². The zero-order valence-corrected chi connectivity index (χ0v) is 24.7. The van der Waals surface area contributed by atoms with Gasteiger partial charge in [-0.15, -0.1) is 0 Å². The molecule has 3 rings (SSSR count). The molecule has 0 aliphatic heterocycles. The minimum Gasteiger partial charge on any atom is -0.457 e. The molecule has 43 heavy (non-hydrogen) atoms. The number of hydrogen-bond acceptors (Lipinski definition) is 8. The molecule has 3 aromatic carbocycles. The molecule has 0 aromatic heterocycles. The second-order valence-corrected chi connectivity index (χ2v) is 10.00. The number of hydrogen-bond donors (Lipinski definition) is 2. The number of ether oxygens (including phenoxy) is 4. The molecule has 0 atom stereocenters. The molecule has 0 bridgehead atoms. The van der Waals surface area contributed by atoms with Crippen LogP contribution in [0.4, 0.5) is 0 Å². The third-order valence-corrected chi connectivity index (χ3v) is 6.80. The maximum Gasteiger partial charge on any atom is 0.338 e. The lowest BCUT2D eigenvalue weighted by atomic mass is 9.92. The van der Waals surface area contributed by atoms with Crippen molar-refractivity contribution in [3.63, 3.8) is 0 Å². The first kappa shape index (κ1) is 33.1. The SMILES string of the molecule is C=C(CO)C(=O)OCOc1ccc(-c2ccc(-c3ccc(OCOC(=O)C(=C)CO)cc3)c(CCCCCCC)c2)cc1. The summed E-state index contributed by atoms with van der Waals surface area (Å²) in [6.07, 6.45) is 6.87. The highest BCUT2D eigenvalue weighted by Gasteiger charge is 2.11. The fourth-order valence-electron chi connectivity index (χ4n) is 4.29. The van der Waals surface area contributed by atoms with Gasteiger partial charge in [0.1, 0.15) is 11.5 Å². The zero-order valence-electron chi connectivity index (χ0n) is 24.7. The molecule has 8 heteroatoms. The molecule has 0 spiro atoms. The average molecular weight is 589 g/mol. The number of carbonyl (C=O) groups excluding carboxylic acids is 2. The summed E-state index contributed by atoms with van der Waals surface area (Å²) in [6, 6.07) is 21.6. The summed E-state index contributed by atoms with van der Waals surface area (Å²) in [6.45, 7) is 7.59. The van der Waals surface area contributed by atoms with Crippen LogP contribution in [0.5, 0.6) is 11.5 Å². The van der Waals surface area contributed by atoms with Gasteiger partial charge in [-0.2, -0.15) is 0 Å². The Bertz CT molecular complexity index is 1360. The van der Waals surface area contributed by atoms with Crippen molar-refractivity contribution in [1.82, 2.24) is 0 Å². The van der Waals surface area contributed by atoms with E-state index in [1.807, 2.05) is 48.5 Å².